The molecular weight excluding hydrogens is 392 g/mol. The van der Waals surface area contributed by atoms with Crippen molar-refractivity contribution in [3.63, 3.8) is 0 Å². The second-order valence-corrected chi connectivity index (χ2v) is 6.80. The van der Waals surface area contributed by atoms with Crippen LogP contribution in [-0.2, 0) is 18.9 Å². The minimum atomic E-state index is -1.70. The van der Waals surface area contributed by atoms with Gasteiger partial charge in [0.1, 0.15) is 48.8 Å². The molecule has 11 nitrogen and oxygen atoms in total. The van der Waals surface area contributed by atoms with Crippen molar-refractivity contribution in [3.05, 3.63) is 0 Å². The highest BCUT2D eigenvalue weighted by Gasteiger charge is 2.50. The van der Waals surface area contributed by atoms with Gasteiger partial charge < -0.3 is 54.7 Å². The van der Waals surface area contributed by atoms with Gasteiger partial charge in [-0.3, -0.25) is 0 Å². The van der Waals surface area contributed by atoms with Crippen LogP contribution in [0.5, 0.6) is 0 Å². The monoisotopic (exact) mass is 418 g/mol. The fourth-order valence-corrected chi connectivity index (χ4v) is 3.06. The first-order valence-corrected chi connectivity index (χ1v) is 9.15. The molecule has 2 saturated heterocycles. The Kier molecular flexibility index (Phi) is 9.06. The quantitative estimate of drug-likeness (QED) is 0.152. The molecule has 0 aromatic carbocycles. The van der Waals surface area contributed by atoms with E-state index in [9.17, 15) is 35.7 Å². The summed E-state index contributed by atoms with van der Waals surface area (Å²) in [6.45, 7) is -1.10. The Morgan fingerprint density at radius 2 is 1.33 bits per heavy atom. The van der Waals surface area contributed by atoms with Crippen LogP contribution < -0.4 is 0 Å². The zero-order valence-electron chi connectivity index (χ0n) is 14.5. The largest absolute Gasteiger partial charge is 0.394 e. The molecule has 0 spiro atoms. The number of aliphatic hydroxyl groups excluding tert-OH is 7. The molecule has 10 atom stereocenters. The van der Waals surface area contributed by atoms with E-state index >= 15 is 0 Å². The topological polar surface area (TPSA) is 179 Å². The van der Waals surface area contributed by atoms with Crippen molar-refractivity contribution in [3.8, 4) is 0 Å². The summed E-state index contributed by atoms with van der Waals surface area (Å²) in [6, 6.07) is 0. The second-order valence-electron chi connectivity index (χ2n) is 6.42. The molecule has 2 aliphatic heterocycles. The molecular formula is C15H27ClO11. The molecule has 27 heavy (non-hydrogen) atoms. The lowest BCUT2D eigenvalue weighted by Gasteiger charge is -2.45. The molecule has 2 fully saturated rings. The van der Waals surface area contributed by atoms with Crippen molar-refractivity contribution in [2.45, 2.75) is 67.8 Å². The van der Waals surface area contributed by atoms with Crippen LogP contribution in [0.4, 0.5) is 0 Å². The zero-order valence-corrected chi connectivity index (χ0v) is 15.2. The maximum atomic E-state index is 10.4. The fourth-order valence-electron chi connectivity index (χ4n) is 2.95. The number of hydrogen-bond donors (Lipinski definition) is 7. The summed E-state index contributed by atoms with van der Waals surface area (Å²) < 4.78 is 21.3. The molecule has 0 radical (unpaired) electrons. The maximum absolute atomic E-state index is 10.4. The molecule has 2 aliphatic rings. The zero-order chi connectivity index (χ0) is 20.1. The third-order valence-corrected chi connectivity index (χ3v) is 4.79. The summed E-state index contributed by atoms with van der Waals surface area (Å²) in [6.07, 6.45) is -14.1. The molecule has 2 rings (SSSR count). The van der Waals surface area contributed by atoms with Crippen LogP contribution in [0, 0.1) is 0 Å². The van der Waals surface area contributed by atoms with Gasteiger partial charge >= 0.3 is 0 Å². The molecule has 0 aromatic rings. The summed E-state index contributed by atoms with van der Waals surface area (Å²) in [7, 11) is 0. The average molecular weight is 419 g/mol. The van der Waals surface area contributed by atoms with Gasteiger partial charge in [0.25, 0.3) is 0 Å². The van der Waals surface area contributed by atoms with Crippen molar-refractivity contribution in [1.82, 2.24) is 0 Å². The third-order valence-electron chi connectivity index (χ3n) is 4.52. The van der Waals surface area contributed by atoms with E-state index < -0.39 is 74.6 Å². The van der Waals surface area contributed by atoms with Crippen LogP contribution in [0.15, 0.2) is 0 Å². The van der Waals surface area contributed by atoms with Crippen LogP contribution in [0.1, 0.15) is 6.42 Å². The summed E-state index contributed by atoms with van der Waals surface area (Å²) in [4.78, 5) is 0. The summed E-state index contributed by atoms with van der Waals surface area (Å²) >= 11 is 5.54. The number of halogens is 1. The molecule has 2 heterocycles. The lowest BCUT2D eigenvalue weighted by molar-refractivity contribution is -0.359. The van der Waals surface area contributed by atoms with E-state index in [4.69, 9.17) is 30.5 Å². The fraction of sp³-hybridized carbons (Fsp3) is 1.00. The lowest BCUT2D eigenvalue weighted by atomic mass is 9.97. The maximum Gasteiger partial charge on any atom is 0.187 e. The molecule has 160 valence electrons. The third kappa shape index (κ3) is 5.26. The minimum absolute atomic E-state index is 0.161. The Labute approximate surface area is 160 Å². The van der Waals surface area contributed by atoms with E-state index in [1.165, 1.54) is 0 Å². The van der Waals surface area contributed by atoms with Gasteiger partial charge in [0, 0.05) is 5.88 Å². The Morgan fingerprint density at radius 1 is 0.741 bits per heavy atom. The lowest BCUT2D eigenvalue weighted by Crippen LogP contribution is -2.64. The van der Waals surface area contributed by atoms with Crippen molar-refractivity contribution >= 4 is 11.6 Å². The van der Waals surface area contributed by atoms with Crippen LogP contribution in [0.25, 0.3) is 0 Å². The first kappa shape index (κ1) is 23.1. The highest BCUT2D eigenvalue weighted by Crippen LogP contribution is 2.29. The summed E-state index contributed by atoms with van der Waals surface area (Å²) in [5.74, 6) is 0.331. The van der Waals surface area contributed by atoms with Crippen LogP contribution >= 0.6 is 11.6 Å². The molecule has 0 saturated carbocycles. The Bertz CT molecular complexity index is 440. The Balaban J connectivity index is 2.06. The van der Waals surface area contributed by atoms with Crippen LogP contribution in [0.2, 0.25) is 0 Å². The van der Waals surface area contributed by atoms with Gasteiger partial charge in [-0.2, -0.15) is 0 Å². The van der Waals surface area contributed by atoms with Gasteiger partial charge in [0.05, 0.1) is 19.8 Å². The van der Waals surface area contributed by atoms with Crippen molar-refractivity contribution in [2.24, 2.45) is 0 Å². The number of aliphatic hydroxyl groups is 7. The smallest absolute Gasteiger partial charge is 0.187 e. The SMILES string of the molecule is OCC1O[C@@H](O[C@@H]2C(CO)O[C@@H](OCCCCl)C(O)C2O)C(O)C(O)[C@H]1O. The van der Waals surface area contributed by atoms with Crippen LogP contribution in [0.3, 0.4) is 0 Å². The second kappa shape index (κ2) is 10.6. The molecule has 0 aliphatic carbocycles. The van der Waals surface area contributed by atoms with E-state index in [2.05, 4.69) is 0 Å². The number of ether oxygens (including phenoxy) is 4. The van der Waals surface area contributed by atoms with Gasteiger partial charge in [-0.05, 0) is 6.42 Å². The Morgan fingerprint density at radius 3 is 1.93 bits per heavy atom. The van der Waals surface area contributed by atoms with Gasteiger partial charge in [-0.15, -0.1) is 11.6 Å². The standard InChI is InChI=1S/C15H27ClO11/c16-2-1-3-24-14-12(23)10(21)13(7(5-18)26-14)27-15-11(22)9(20)8(19)6(4-17)25-15/h6-15,17-23H,1-5H2/t6?,7?,8-,9?,10?,11?,12?,13+,14+,15-/m0/s1. The summed E-state index contributed by atoms with van der Waals surface area (Å²) in [5.41, 5.74) is 0. The molecule has 0 aromatic heterocycles. The first-order valence-electron chi connectivity index (χ1n) is 8.61. The van der Waals surface area contributed by atoms with E-state index in [1.807, 2.05) is 0 Å². The number of alkyl halides is 1. The van der Waals surface area contributed by atoms with Gasteiger partial charge in [-0.25, -0.2) is 0 Å². The van der Waals surface area contributed by atoms with E-state index in [-0.39, 0.29) is 6.61 Å². The van der Waals surface area contributed by atoms with Crippen molar-refractivity contribution in [2.75, 3.05) is 25.7 Å². The predicted octanol–water partition coefficient (Wildman–Crippen LogP) is -3.74. The van der Waals surface area contributed by atoms with Gasteiger partial charge in [-0.1, -0.05) is 0 Å². The first-order chi connectivity index (χ1) is 12.8. The number of rotatable bonds is 8. The Hall–Kier alpha value is -0.150. The molecule has 0 bridgehead atoms. The molecule has 0 amide bonds. The normalized spacial score (nSPS) is 45.8. The molecule has 6 unspecified atom stereocenters. The number of hydrogen-bond acceptors (Lipinski definition) is 11. The average Bonchev–Trinajstić information content (AvgIpc) is 2.67. The van der Waals surface area contributed by atoms with E-state index in [1.54, 1.807) is 0 Å². The summed E-state index contributed by atoms with van der Waals surface area (Å²) in [5, 5.41) is 68.9. The minimum Gasteiger partial charge on any atom is -0.394 e. The van der Waals surface area contributed by atoms with E-state index in [0.717, 1.165) is 0 Å². The molecule has 12 heteroatoms. The molecule has 7 N–H and O–H groups in total. The van der Waals surface area contributed by atoms with Gasteiger partial charge in [0.2, 0.25) is 0 Å². The highest BCUT2D eigenvalue weighted by molar-refractivity contribution is 6.17. The van der Waals surface area contributed by atoms with Crippen LogP contribution in [-0.4, -0.2) is 123 Å². The van der Waals surface area contributed by atoms with Gasteiger partial charge in [0.15, 0.2) is 12.6 Å². The van der Waals surface area contributed by atoms with Crippen molar-refractivity contribution < 1.29 is 54.7 Å². The predicted molar refractivity (Wildman–Crippen MR) is 87.7 cm³/mol. The highest BCUT2D eigenvalue weighted by atomic mass is 35.5. The van der Waals surface area contributed by atoms with Crippen molar-refractivity contribution in [1.29, 1.82) is 0 Å². The van der Waals surface area contributed by atoms with E-state index in [0.29, 0.717) is 12.3 Å².